The van der Waals surface area contributed by atoms with E-state index in [0.29, 0.717) is 6.42 Å². The third kappa shape index (κ3) is 42.2. The molecule has 0 rings (SSSR count). The Bertz CT molecular complexity index is 917. The monoisotopic (exact) mass is 802 g/mol. The van der Waals surface area contributed by atoms with Crippen LogP contribution >= 0.6 is 7.82 Å². The summed E-state index contributed by atoms with van der Waals surface area (Å²) in [5.41, 5.74) is 5.35. The molecule has 0 aromatic heterocycles. The van der Waals surface area contributed by atoms with E-state index in [1.54, 1.807) is 0 Å². The maximum Gasteiger partial charge on any atom is 0.472 e. The number of rotatable bonds is 44. The molecule has 0 amide bonds. The molecular formula is C45H88NO8P. The van der Waals surface area contributed by atoms with Gasteiger partial charge >= 0.3 is 19.8 Å². The number of allylic oxidation sites excluding steroid dienone is 2. The van der Waals surface area contributed by atoms with Crippen molar-refractivity contribution < 1.29 is 37.6 Å². The minimum atomic E-state index is -4.38. The largest absolute Gasteiger partial charge is 0.472 e. The Kier molecular flexibility index (Phi) is 41.4. The summed E-state index contributed by atoms with van der Waals surface area (Å²) in [7, 11) is -4.38. The molecule has 0 bridgehead atoms. The lowest BCUT2D eigenvalue weighted by atomic mass is 10.0. The van der Waals surface area contributed by atoms with Crippen molar-refractivity contribution in [2.45, 2.75) is 238 Å². The van der Waals surface area contributed by atoms with Crippen LogP contribution in [-0.4, -0.2) is 49.3 Å². The maximum absolute atomic E-state index is 12.6. The SMILES string of the molecule is CCCCCCCCCC/C=C\CCCCCC(=O)O[C@H](COC(=O)CCCCCCCCCCCCCCCCCCCCC)COP(=O)(O)OCCN. The summed E-state index contributed by atoms with van der Waals surface area (Å²) in [4.78, 5) is 34.9. The summed E-state index contributed by atoms with van der Waals surface area (Å²) in [5.74, 6) is -0.834. The number of phosphoric acid groups is 1. The van der Waals surface area contributed by atoms with Crippen molar-refractivity contribution in [1.29, 1.82) is 0 Å². The molecule has 3 N–H and O–H groups in total. The number of phosphoric ester groups is 1. The number of esters is 2. The molecule has 9 nitrogen and oxygen atoms in total. The smallest absolute Gasteiger partial charge is 0.462 e. The fraction of sp³-hybridized carbons (Fsp3) is 0.911. The molecule has 0 heterocycles. The summed E-state index contributed by atoms with van der Waals surface area (Å²) in [5, 5.41) is 0. The number of unbranched alkanes of at least 4 members (excludes halogenated alkanes) is 29. The molecule has 0 aromatic rings. The highest BCUT2D eigenvalue weighted by Gasteiger charge is 2.26. The van der Waals surface area contributed by atoms with Crippen LogP contribution < -0.4 is 5.73 Å². The predicted molar refractivity (Wildman–Crippen MR) is 229 cm³/mol. The van der Waals surface area contributed by atoms with Crippen LogP contribution in [0, 0.1) is 0 Å². The Labute approximate surface area is 339 Å². The summed E-state index contributed by atoms with van der Waals surface area (Å²) in [6.45, 7) is 3.75. The highest BCUT2D eigenvalue weighted by molar-refractivity contribution is 7.47. The van der Waals surface area contributed by atoms with E-state index >= 15 is 0 Å². The maximum atomic E-state index is 12.6. The molecule has 326 valence electrons. The molecule has 0 saturated heterocycles. The minimum absolute atomic E-state index is 0.0540. The highest BCUT2D eigenvalue weighted by Crippen LogP contribution is 2.43. The molecule has 0 spiro atoms. The van der Waals surface area contributed by atoms with Crippen molar-refractivity contribution in [3.8, 4) is 0 Å². The van der Waals surface area contributed by atoms with Crippen LogP contribution in [0.3, 0.4) is 0 Å². The zero-order valence-corrected chi connectivity index (χ0v) is 36.8. The number of carbonyl (C=O) groups is 2. The van der Waals surface area contributed by atoms with E-state index in [2.05, 4.69) is 26.0 Å². The minimum Gasteiger partial charge on any atom is -0.462 e. The molecule has 0 aliphatic rings. The Balaban J connectivity index is 4.08. The Morgan fingerprint density at radius 1 is 0.527 bits per heavy atom. The summed E-state index contributed by atoms with van der Waals surface area (Å²) in [6, 6.07) is 0. The molecule has 0 aliphatic heterocycles. The predicted octanol–water partition coefficient (Wildman–Crippen LogP) is 13.4. The number of hydrogen-bond acceptors (Lipinski definition) is 8. The van der Waals surface area contributed by atoms with Crippen LogP contribution in [0.2, 0.25) is 0 Å². The van der Waals surface area contributed by atoms with E-state index in [9.17, 15) is 19.0 Å². The molecule has 1 unspecified atom stereocenters. The molecule has 10 heteroatoms. The zero-order valence-electron chi connectivity index (χ0n) is 35.9. The van der Waals surface area contributed by atoms with Gasteiger partial charge in [0.25, 0.3) is 0 Å². The average molecular weight is 802 g/mol. The van der Waals surface area contributed by atoms with Crippen LogP contribution in [0.25, 0.3) is 0 Å². The van der Waals surface area contributed by atoms with Crippen molar-refractivity contribution in [2.75, 3.05) is 26.4 Å². The highest BCUT2D eigenvalue weighted by atomic mass is 31.2. The van der Waals surface area contributed by atoms with Crippen molar-refractivity contribution >= 4 is 19.8 Å². The van der Waals surface area contributed by atoms with Gasteiger partial charge in [-0.25, -0.2) is 4.57 Å². The fourth-order valence-electron chi connectivity index (χ4n) is 6.69. The molecule has 0 radical (unpaired) electrons. The van der Waals surface area contributed by atoms with E-state index in [0.717, 1.165) is 44.9 Å². The summed E-state index contributed by atoms with van der Waals surface area (Å²) in [6.07, 6.45) is 43.9. The van der Waals surface area contributed by atoms with Gasteiger partial charge in [0.2, 0.25) is 0 Å². The molecule has 0 aromatic carbocycles. The zero-order chi connectivity index (χ0) is 40.3. The van der Waals surface area contributed by atoms with Gasteiger partial charge < -0.3 is 20.1 Å². The number of carbonyl (C=O) groups excluding carboxylic acids is 2. The molecular weight excluding hydrogens is 713 g/mol. The van der Waals surface area contributed by atoms with Gasteiger partial charge in [-0.1, -0.05) is 193 Å². The lowest BCUT2D eigenvalue weighted by Crippen LogP contribution is -2.29. The first-order chi connectivity index (χ1) is 26.8. The second-order valence-electron chi connectivity index (χ2n) is 15.6. The summed E-state index contributed by atoms with van der Waals surface area (Å²) < 4.78 is 32.8. The van der Waals surface area contributed by atoms with Gasteiger partial charge in [-0.2, -0.15) is 0 Å². The normalized spacial score (nSPS) is 13.3. The van der Waals surface area contributed by atoms with Gasteiger partial charge in [-0.3, -0.25) is 18.6 Å². The van der Waals surface area contributed by atoms with Crippen LogP contribution in [0.5, 0.6) is 0 Å². The van der Waals surface area contributed by atoms with Crippen LogP contribution in [-0.2, 0) is 32.7 Å². The Morgan fingerprint density at radius 2 is 0.891 bits per heavy atom. The fourth-order valence-corrected chi connectivity index (χ4v) is 7.45. The van der Waals surface area contributed by atoms with Crippen molar-refractivity contribution in [2.24, 2.45) is 5.73 Å². The first-order valence-corrected chi connectivity index (χ1v) is 24.7. The lowest BCUT2D eigenvalue weighted by molar-refractivity contribution is -0.161. The van der Waals surface area contributed by atoms with E-state index in [-0.39, 0.29) is 38.6 Å². The van der Waals surface area contributed by atoms with Crippen LogP contribution in [0.4, 0.5) is 0 Å². The Hall–Kier alpha value is -1.25. The van der Waals surface area contributed by atoms with E-state index < -0.39 is 26.5 Å². The number of hydrogen-bond donors (Lipinski definition) is 2. The van der Waals surface area contributed by atoms with Gasteiger partial charge in [0.05, 0.1) is 13.2 Å². The third-order valence-electron chi connectivity index (χ3n) is 10.2. The standard InChI is InChI=1S/C45H88NO8P/c1-3-5-7-9-11-13-15-17-19-20-21-22-24-25-27-29-31-33-35-37-44(47)51-41-43(42-53-55(49,50)52-40-39-46)54-45(48)38-36-34-32-30-28-26-23-18-16-14-12-10-8-6-4-2/h26,28,43H,3-25,27,29-42,46H2,1-2H3,(H,49,50)/b28-26-/t43-/m1/s1. The van der Waals surface area contributed by atoms with E-state index in [1.165, 1.54) is 154 Å². The first-order valence-electron chi connectivity index (χ1n) is 23.2. The second-order valence-corrected chi connectivity index (χ2v) is 17.1. The van der Waals surface area contributed by atoms with Gasteiger partial charge in [0.15, 0.2) is 6.10 Å². The second kappa shape index (κ2) is 42.4. The Morgan fingerprint density at radius 3 is 1.31 bits per heavy atom. The molecule has 55 heavy (non-hydrogen) atoms. The van der Waals surface area contributed by atoms with Gasteiger partial charge in [0.1, 0.15) is 6.61 Å². The van der Waals surface area contributed by atoms with E-state index in [4.69, 9.17) is 24.3 Å². The van der Waals surface area contributed by atoms with Crippen LogP contribution in [0.15, 0.2) is 12.2 Å². The summed E-state index contributed by atoms with van der Waals surface area (Å²) >= 11 is 0. The number of ether oxygens (including phenoxy) is 2. The molecule has 0 aliphatic carbocycles. The first kappa shape index (κ1) is 53.8. The quantitative estimate of drug-likeness (QED) is 0.0267. The van der Waals surface area contributed by atoms with Crippen molar-refractivity contribution in [1.82, 2.24) is 0 Å². The average Bonchev–Trinajstić information content (AvgIpc) is 3.17. The number of nitrogens with two attached hydrogens (primary N) is 1. The lowest BCUT2D eigenvalue weighted by Gasteiger charge is -2.19. The third-order valence-corrected chi connectivity index (χ3v) is 11.1. The molecule has 0 saturated carbocycles. The van der Waals surface area contributed by atoms with Gasteiger partial charge in [-0.05, 0) is 38.5 Å². The molecule has 2 atom stereocenters. The van der Waals surface area contributed by atoms with Crippen molar-refractivity contribution in [3.05, 3.63) is 12.2 Å². The van der Waals surface area contributed by atoms with Gasteiger partial charge in [-0.15, -0.1) is 0 Å². The van der Waals surface area contributed by atoms with E-state index in [1.807, 2.05) is 0 Å². The van der Waals surface area contributed by atoms with Crippen LogP contribution in [0.1, 0.15) is 232 Å². The molecule has 0 fully saturated rings. The topological polar surface area (TPSA) is 134 Å². The van der Waals surface area contributed by atoms with Gasteiger partial charge in [0, 0.05) is 19.4 Å². The van der Waals surface area contributed by atoms with Crippen molar-refractivity contribution in [3.63, 3.8) is 0 Å².